The van der Waals surface area contributed by atoms with Gasteiger partial charge in [0.05, 0.1) is 13.2 Å². The number of guanidine groups is 1. The van der Waals surface area contributed by atoms with Gasteiger partial charge in [-0.3, -0.25) is 4.99 Å². The zero-order valence-electron chi connectivity index (χ0n) is 17.7. The van der Waals surface area contributed by atoms with Gasteiger partial charge in [-0.25, -0.2) is 0 Å². The minimum absolute atomic E-state index is 0. The van der Waals surface area contributed by atoms with Crippen molar-refractivity contribution in [2.45, 2.75) is 38.5 Å². The number of ether oxygens (including phenoxy) is 2. The zero-order valence-corrected chi connectivity index (χ0v) is 20.7. The molecule has 5 nitrogen and oxygen atoms in total. The second-order valence-corrected chi connectivity index (χ2v) is 8.21. The summed E-state index contributed by atoms with van der Waals surface area (Å²) in [6, 6.07) is 8.22. The largest absolute Gasteiger partial charge is 0.381 e. The van der Waals surface area contributed by atoms with E-state index < -0.39 is 0 Å². The van der Waals surface area contributed by atoms with Crippen molar-refractivity contribution in [3.8, 4) is 0 Å². The van der Waals surface area contributed by atoms with E-state index in [4.69, 9.17) is 26.1 Å². The van der Waals surface area contributed by atoms with Gasteiger partial charge in [0.25, 0.3) is 0 Å². The molecule has 1 unspecified atom stereocenters. The third kappa shape index (κ3) is 6.45. The van der Waals surface area contributed by atoms with E-state index in [0.717, 1.165) is 82.9 Å². The van der Waals surface area contributed by atoms with E-state index in [1.807, 2.05) is 12.1 Å². The van der Waals surface area contributed by atoms with Crippen LogP contribution in [0.5, 0.6) is 0 Å². The molecule has 164 valence electrons. The highest BCUT2D eigenvalue weighted by atomic mass is 127. The Bertz CT molecular complexity index is 653. The molecule has 2 aliphatic heterocycles. The van der Waals surface area contributed by atoms with Gasteiger partial charge < -0.3 is 19.7 Å². The summed E-state index contributed by atoms with van der Waals surface area (Å²) in [4.78, 5) is 7.48. The molecule has 0 radical (unpaired) electrons. The van der Waals surface area contributed by atoms with Gasteiger partial charge in [-0.2, -0.15) is 0 Å². The SMILES string of the molecule is CCNC(=NCC1(c2ccccc2Cl)CCOCC1)N1CCC(COCC)C1.I. The first-order valence-electron chi connectivity index (χ1n) is 10.6. The van der Waals surface area contributed by atoms with E-state index >= 15 is 0 Å². The van der Waals surface area contributed by atoms with Crippen molar-refractivity contribution in [3.63, 3.8) is 0 Å². The van der Waals surface area contributed by atoms with Crippen LogP contribution in [0.4, 0.5) is 0 Å². The maximum atomic E-state index is 6.59. The summed E-state index contributed by atoms with van der Waals surface area (Å²) in [5, 5.41) is 4.33. The molecule has 3 rings (SSSR count). The van der Waals surface area contributed by atoms with Crippen LogP contribution in [-0.4, -0.2) is 63.5 Å². The molecule has 0 aliphatic carbocycles. The third-order valence-electron chi connectivity index (χ3n) is 5.90. The average Bonchev–Trinajstić information content (AvgIpc) is 3.19. The molecule has 29 heavy (non-hydrogen) atoms. The van der Waals surface area contributed by atoms with E-state index in [1.54, 1.807) is 0 Å². The minimum Gasteiger partial charge on any atom is -0.381 e. The number of nitrogens with zero attached hydrogens (tertiary/aromatic N) is 2. The Labute approximate surface area is 197 Å². The van der Waals surface area contributed by atoms with E-state index in [0.29, 0.717) is 5.92 Å². The van der Waals surface area contributed by atoms with E-state index in [9.17, 15) is 0 Å². The number of likely N-dealkylation sites (tertiary alicyclic amines) is 1. The normalized spacial score (nSPS) is 21.7. The van der Waals surface area contributed by atoms with Gasteiger partial charge in [0.2, 0.25) is 0 Å². The first-order chi connectivity index (χ1) is 13.7. The Morgan fingerprint density at radius 1 is 1.31 bits per heavy atom. The Morgan fingerprint density at radius 2 is 2.07 bits per heavy atom. The third-order valence-corrected chi connectivity index (χ3v) is 6.23. The van der Waals surface area contributed by atoms with Crippen LogP contribution in [0.15, 0.2) is 29.3 Å². The molecular weight excluding hydrogens is 501 g/mol. The van der Waals surface area contributed by atoms with Gasteiger partial charge >= 0.3 is 0 Å². The van der Waals surface area contributed by atoms with Crippen molar-refractivity contribution in [2.75, 3.05) is 52.6 Å². The fourth-order valence-corrected chi connectivity index (χ4v) is 4.60. The molecule has 1 atom stereocenters. The van der Waals surface area contributed by atoms with Gasteiger partial charge in [0, 0.05) is 55.8 Å². The summed E-state index contributed by atoms with van der Waals surface area (Å²) < 4.78 is 11.3. The molecule has 2 aliphatic rings. The second-order valence-electron chi connectivity index (χ2n) is 7.80. The molecule has 0 bridgehead atoms. The summed E-state index contributed by atoms with van der Waals surface area (Å²) in [7, 11) is 0. The molecular formula is C22H35ClIN3O2. The summed E-state index contributed by atoms with van der Waals surface area (Å²) in [5.74, 6) is 1.60. The highest BCUT2D eigenvalue weighted by Crippen LogP contribution is 2.39. The molecule has 0 amide bonds. The van der Waals surface area contributed by atoms with Crippen LogP contribution in [0.3, 0.4) is 0 Å². The summed E-state index contributed by atoms with van der Waals surface area (Å²) in [6.07, 6.45) is 3.06. The Morgan fingerprint density at radius 3 is 2.76 bits per heavy atom. The van der Waals surface area contributed by atoms with Gasteiger partial charge in [-0.05, 0) is 44.7 Å². The predicted molar refractivity (Wildman–Crippen MR) is 131 cm³/mol. The number of nitrogens with one attached hydrogen (secondary N) is 1. The molecule has 2 heterocycles. The van der Waals surface area contributed by atoms with Crippen LogP contribution in [-0.2, 0) is 14.9 Å². The van der Waals surface area contributed by atoms with Crippen LogP contribution in [0.2, 0.25) is 5.02 Å². The van der Waals surface area contributed by atoms with Crippen molar-refractivity contribution < 1.29 is 9.47 Å². The Hall–Kier alpha value is -0.570. The van der Waals surface area contributed by atoms with Crippen molar-refractivity contribution in [2.24, 2.45) is 10.9 Å². The van der Waals surface area contributed by atoms with Crippen molar-refractivity contribution >= 4 is 41.5 Å². The summed E-state index contributed by atoms with van der Waals surface area (Å²) in [6.45, 7) is 11.0. The molecule has 0 saturated carbocycles. The topological polar surface area (TPSA) is 46.1 Å². The molecule has 2 fully saturated rings. The lowest BCUT2D eigenvalue weighted by atomic mass is 9.74. The maximum absolute atomic E-state index is 6.59. The number of rotatable bonds is 7. The van der Waals surface area contributed by atoms with Crippen LogP contribution in [0.25, 0.3) is 0 Å². The fourth-order valence-electron chi connectivity index (χ4n) is 4.26. The maximum Gasteiger partial charge on any atom is 0.193 e. The molecule has 1 aromatic carbocycles. The van der Waals surface area contributed by atoms with Crippen LogP contribution >= 0.6 is 35.6 Å². The van der Waals surface area contributed by atoms with Gasteiger partial charge in [0.1, 0.15) is 0 Å². The number of aliphatic imine (C=N–C) groups is 1. The first-order valence-corrected chi connectivity index (χ1v) is 11.0. The fraction of sp³-hybridized carbons (Fsp3) is 0.682. The zero-order chi connectivity index (χ0) is 19.8. The van der Waals surface area contributed by atoms with Gasteiger partial charge in [0.15, 0.2) is 5.96 Å². The van der Waals surface area contributed by atoms with Crippen LogP contribution in [0, 0.1) is 5.92 Å². The van der Waals surface area contributed by atoms with Crippen molar-refractivity contribution in [1.82, 2.24) is 10.2 Å². The van der Waals surface area contributed by atoms with Gasteiger partial charge in [-0.15, -0.1) is 24.0 Å². The van der Waals surface area contributed by atoms with Gasteiger partial charge in [-0.1, -0.05) is 29.8 Å². The molecule has 7 heteroatoms. The average molecular weight is 536 g/mol. The number of benzene rings is 1. The molecule has 1 N–H and O–H groups in total. The lowest BCUT2D eigenvalue weighted by Crippen LogP contribution is -2.43. The number of hydrogen-bond acceptors (Lipinski definition) is 3. The summed E-state index contributed by atoms with van der Waals surface area (Å²) in [5.41, 5.74) is 1.15. The number of hydrogen-bond donors (Lipinski definition) is 1. The van der Waals surface area contributed by atoms with E-state index in [-0.39, 0.29) is 29.4 Å². The van der Waals surface area contributed by atoms with Crippen LogP contribution < -0.4 is 5.32 Å². The van der Waals surface area contributed by atoms with E-state index in [1.165, 1.54) is 5.56 Å². The Kier molecular flexibility index (Phi) is 10.5. The highest BCUT2D eigenvalue weighted by Gasteiger charge is 2.36. The Balaban J connectivity index is 0.00000300. The molecule has 0 spiro atoms. The lowest BCUT2D eigenvalue weighted by Gasteiger charge is -2.37. The monoisotopic (exact) mass is 535 g/mol. The molecule has 0 aromatic heterocycles. The van der Waals surface area contributed by atoms with Crippen LogP contribution in [0.1, 0.15) is 38.7 Å². The first kappa shape index (κ1) is 24.7. The van der Waals surface area contributed by atoms with Crippen molar-refractivity contribution in [3.05, 3.63) is 34.9 Å². The molecule has 1 aromatic rings. The van der Waals surface area contributed by atoms with E-state index in [2.05, 4.69) is 36.2 Å². The predicted octanol–water partition coefficient (Wildman–Crippen LogP) is 4.33. The smallest absolute Gasteiger partial charge is 0.193 e. The quantitative estimate of drug-likeness (QED) is 0.321. The van der Waals surface area contributed by atoms with Crippen molar-refractivity contribution in [1.29, 1.82) is 0 Å². The molecule has 2 saturated heterocycles. The second kappa shape index (κ2) is 12.3. The number of halogens is 2. The lowest BCUT2D eigenvalue weighted by molar-refractivity contribution is 0.0530. The highest BCUT2D eigenvalue weighted by molar-refractivity contribution is 14.0. The minimum atomic E-state index is -0.0539. The standard InChI is InChI=1S/C22H34ClN3O2.HI/c1-3-24-21(26-12-9-18(15-26)16-27-4-2)25-17-22(10-13-28-14-11-22)19-7-5-6-8-20(19)23;/h5-8,18H,3-4,9-17H2,1-2H3,(H,24,25);1H. The summed E-state index contributed by atoms with van der Waals surface area (Å²) >= 11 is 6.59.